The Bertz CT molecular complexity index is 3020. The Hall–Kier alpha value is -5.84. The minimum absolute atomic E-state index is 0. The predicted molar refractivity (Wildman–Crippen MR) is 207 cm³/mol. The van der Waals surface area contributed by atoms with Crippen molar-refractivity contribution in [2.45, 2.75) is 11.8 Å². The van der Waals surface area contributed by atoms with Gasteiger partial charge in [-0.05, 0) is 89.7 Å². The van der Waals surface area contributed by atoms with Crippen LogP contribution in [0.2, 0.25) is 0 Å². The maximum atomic E-state index is 13.8. The van der Waals surface area contributed by atoms with Crippen LogP contribution in [0.3, 0.4) is 0 Å². The Labute approximate surface area is 384 Å². The number of benzene rings is 6. The number of fused-ring (bicyclic) bond motifs is 2. The molecule has 1 aromatic heterocycles. The van der Waals surface area contributed by atoms with Crippen LogP contribution in [-0.4, -0.2) is 53.7 Å². The van der Waals surface area contributed by atoms with Crippen molar-refractivity contribution in [3.63, 3.8) is 0 Å². The fourth-order valence-corrected chi connectivity index (χ4v) is 6.50. The molecule has 0 unspecified atom stereocenters. The standard InChI is InChI=1S/C38H30N10O9S.2Na/c1-18-12-31(49)24(38(51)52)16-29(18)43-41-27-9-4-19(13-32(27)56-2)20-5-10-28(33(14-20)57-3)42-47-36-34(58(53,54)55)17-23-22(37(36)50)7-8-25(39)35(23)46-40-21-6-11-26-30(15-21)45-48-44-26;;/h4-17,49-50H,39H2,1-3H3,(H,51,52)(H,44,45,48)(H,53,54,55);;/q;2*+1/p-2. The largest absolute Gasteiger partial charge is 1.00 e. The number of aromatic amines is 1. The van der Waals surface area contributed by atoms with Crippen LogP contribution in [0.4, 0.5) is 39.8 Å². The molecule has 19 nitrogen and oxygen atoms in total. The van der Waals surface area contributed by atoms with Crippen molar-refractivity contribution < 1.29 is 102 Å². The van der Waals surface area contributed by atoms with Gasteiger partial charge in [-0.1, -0.05) is 41.0 Å². The topological polar surface area (TPSA) is 298 Å². The SMILES string of the molecule is COc1cc(-c2ccc(N=Nc3c(S(=O)(=O)O)cc4c(N=Nc5ccc6nn[nH]c6c5)c(N)ccc4c3[O-])c(OC)c2)ccc1N=Nc1cc(C(=O)O)c([O-])cc1C.[Na+].[Na+]. The number of methoxy groups -OCH3 is 2. The van der Waals surface area contributed by atoms with E-state index in [0.29, 0.717) is 44.8 Å². The van der Waals surface area contributed by atoms with Gasteiger partial charge in [-0.15, -0.1) is 25.6 Å². The number of nitrogens with two attached hydrogens (primary N) is 1. The molecular weight excluding hydrogens is 819 g/mol. The van der Waals surface area contributed by atoms with Crippen LogP contribution < -0.4 is 84.5 Å². The number of H-pyrrole nitrogens is 1. The zero-order chi connectivity index (χ0) is 41.3. The molecule has 0 aliphatic rings. The molecule has 0 bridgehead atoms. The fraction of sp³-hybridized carbons (Fsp3) is 0.0789. The van der Waals surface area contributed by atoms with Crippen molar-refractivity contribution in [2.75, 3.05) is 20.0 Å². The van der Waals surface area contributed by atoms with Crippen molar-refractivity contribution in [1.29, 1.82) is 0 Å². The van der Waals surface area contributed by atoms with E-state index in [-0.39, 0.29) is 98.4 Å². The third-order valence-electron chi connectivity index (χ3n) is 8.81. The molecule has 0 atom stereocenters. The van der Waals surface area contributed by atoms with E-state index in [2.05, 4.69) is 46.1 Å². The summed E-state index contributed by atoms with van der Waals surface area (Å²) in [7, 11) is -2.23. The van der Waals surface area contributed by atoms with Gasteiger partial charge in [0.1, 0.15) is 39.0 Å². The van der Waals surface area contributed by atoms with E-state index in [1.807, 2.05) is 0 Å². The van der Waals surface area contributed by atoms with Gasteiger partial charge in [-0.3, -0.25) is 9.65 Å². The first-order valence-electron chi connectivity index (χ1n) is 16.8. The van der Waals surface area contributed by atoms with Gasteiger partial charge in [-0.2, -0.15) is 18.6 Å². The van der Waals surface area contributed by atoms with E-state index in [1.54, 1.807) is 55.5 Å². The first-order chi connectivity index (χ1) is 27.7. The molecule has 0 radical (unpaired) electrons. The predicted octanol–water partition coefficient (Wildman–Crippen LogP) is 2.03. The second-order valence-electron chi connectivity index (χ2n) is 12.5. The van der Waals surface area contributed by atoms with E-state index in [0.717, 1.165) is 12.1 Å². The van der Waals surface area contributed by atoms with Crippen molar-refractivity contribution in [2.24, 2.45) is 30.7 Å². The molecule has 22 heteroatoms. The molecule has 6 aromatic carbocycles. The number of carboxylic acids is 1. The van der Waals surface area contributed by atoms with Crippen molar-refractivity contribution in [3.8, 4) is 34.1 Å². The number of carboxylic acid groups (broad SMARTS) is 1. The van der Waals surface area contributed by atoms with Crippen LogP contribution in [-0.2, 0) is 10.1 Å². The number of nitrogens with one attached hydrogen (secondary N) is 1. The number of nitrogen functional groups attached to an aromatic ring is 1. The van der Waals surface area contributed by atoms with Crippen molar-refractivity contribution in [1.82, 2.24) is 15.4 Å². The summed E-state index contributed by atoms with van der Waals surface area (Å²) in [6.07, 6.45) is 0. The molecule has 60 heavy (non-hydrogen) atoms. The molecule has 0 aliphatic carbocycles. The summed E-state index contributed by atoms with van der Waals surface area (Å²) in [6, 6.07) is 20.9. The molecule has 1 heterocycles. The monoisotopic (exact) mass is 846 g/mol. The number of rotatable bonds is 11. The normalized spacial score (nSPS) is 11.7. The molecule has 0 fully saturated rings. The van der Waals surface area contributed by atoms with Gasteiger partial charge in [0.2, 0.25) is 0 Å². The number of aromatic carboxylic acids is 1. The average Bonchev–Trinajstić information content (AvgIpc) is 3.67. The van der Waals surface area contributed by atoms with Crippen LogP contribution in [0.5, 0.6) is 23.0 Å². The Balaban J connectivity index is 0.00000341. The second-order valence-corrected chi connectivity index (χ2v) is 13.8. The summed E-state index contributed by atoms with van der Waals surface area (Å²) in [5, 5.41) is 70.3. The summed E-state index contributed by atoms with van der Waals surface area (Å²) in [5.74, 6) is -2.39. The first-order valence-corrected chi connectivity index (χ1v) is 18.2. The minimum Gasteiger partial charge on any atom is -0.872 e. The van der Waals surface area contributed by atoms with E-state index < -0.39 is 43.7 Å². The Kier molecular flexibility index (Phi) is 14.0. The Morgan fingerprint density at radius 3 is 1.98 bits per heavy atom. The molecule has 292 valence electrons. The van der Waals surface area contributed by atoms with Gasteiger partial charge in [0.15, 0.2) is 0 Å². The number of azo groups is 3. The summed E-state index contributed by atoms with van der Waals surface area (Å²) in [5.41, 5.74) is 9.06. The van der Waals surface area contributed by atoms with Crippen molar-refractivity contribution >= 4 is 77.7 Å². The zero-order valence-electron chi connectivity index (χ0n) is 32.4. The van der Waals surface area contributed by atoms with Gasteiger partial charge in [0.05, 0.1) is 48.0 Å². The first kappa shape index (κ1) is 45.2. The van der Waals surface area contributed by atoms with Gasteiger partial charge in [-0.25, -0.2) is 4.79 Å². The summed E-state index contributed by atoms with van der Waals surface area (Å²) < 4.78 is 46.6. The number of aromatic nitrogens is 3. The number of nitrogens with zero attached hydrogens (tertiary/aromatic N) is 8. The van der Waals surface area contributed by atoms with Crippen LogP contribution in [0.15, 0.2) is 121 Å². The fourth-order valence-electron chi connectivity index (χ4n) is 5.85. The molecule has 0 saturated heterocycles. The number of anilines is 1. The number of aryl methyl sites for hydroxylation is 1. The van der Waals surface area contributed by atoms with Gasteiger partial charge < -0.3 is 30.5 Å². The Morgan fingerprint density at radius 2 is 1.37 bits per heavy atom. The third kappa shape index (κ3) is 9.30. The number of carbonyl (C=O) groups is 1. The molecule has 7 rings (SSSR count). The summed E-state index contributed by atoms with van der Waals surface area (Å²) in [6.45, 7) is 1.61. The summed E-state index contributed by atoms with van der Waals surface area (Å²) in [4.78, 5) is 10.6. The van der Waals surface area contributed by atoms with Gasteiger partial charge >= 0.3 is 65.1 Å². The molecular formula is C38H28N10Na2O9S. The maximum absolute atomic E-state index is 13.8. The number of hydrogen-bond donors (Lipinski definition) is 4. The molecule has 0 amide bonds. The number of ether oxygens (including phenoxy) is 2. The average molecular weight is 847 g/mol. The van der Waals surface area contributed by atoms with Crippen molar-refractivity contribution in [3.05, 3.63) is 96.1 Å². The van der Waals surface area contributed by atoms with E-state index in [4.69, 9.17) is 15.2 Å². The molecule has 7 aromatic rings. The zero-order valence-corrected chi connectivity index (χ0v) is 37.2. The van der Waals surface area contributed by atoms with Crippen LogP contribution in [0, 0.1) is 6.92 Å². The maximum Gasteiger partial charge on any atom is 1.00 e. The third-order valence-corrected chi connectivity index (χ3v) is 9.68. The van der Waals surface area contributed by atoms with Gasteiger partial charge in [0, 0.05) is 5.39 Å². The second kappa shape index (κ2) is 18.6. The molecule has 0 saturated carbocycles. The molecule has 0 aliphatic heterocycles. The van der Waals surface area contributed by atoms with E-state index in [9.17, 15) is 33.1 Å². The number of hydrogen-bond acceptors (Lipinski definition) is 16. The van der Waals surface area contributed by atoms with Gasteiger partial charge in [0.25, 0.3) is 10.1 Å². The van der Waals surface area contributed by atoms with Crippen LogP contribution in [0.1, 0.15) is 15.9 Å². The summed E-state index contributed by atoms with van der Waals surface area (Å²) >= 11 is 0. The van der Waals surface area contributed by atoms with Crippen LogP contribution >= 0.6 is 0 Å². The Morgan fingerprint density at radius 1 is 0.750 bits per heavy atom. The molecule has 5 N–H and O–H groups in total. The van der Waals surface area contributed by atoms with E-state index >= 15 is 0 Å². The van der Waals surface area contributed by atoms with E-state index in [1.165, 1.54) is 38.5 Å². The molecule has 0 spiro atoms. The van der Waals surface area contributed by atoms with Crippen LogP contribution in [0.25, 0.3) is 32.9 Å². The minimum atomic E-state index is -5.04. The quantitative estimate of drug-likeness (QED) is 0.0630. The smallest absolute Gasteiger partial charge is 0.872 e.